The Kier molecular flexibility index (Phi) is 3.94. The number of hydrogen-bond donors (Lipinski definition) is 0. The molecule has 0 saturated carbocycles. The molecule has 0 aliphatic heterocycles. The van der Waals surface area contributed by atoms with E-state index in [-0.39, 0.29) is 10.6 Å². The molecule has 0 saturated heterocycles. The third kappa shape index (κ3) is 3.49. The number of alkyl halides is 1. The predicted octanol–water partition coefficient (Wildman–Crippen LogP) is 3.24. The highest BCUT2D eigenvalue weighted by molar-refractivity contribution is 9.10. The summed E-state index contributed by atoms with van der Waals surface area (Å²) in [5.41, 5.74) is 1.07. The first kappa shape index (κ1) is 10.7. The number of hydrogen-bond acceptors (Lipinski definition) is 1. The fourth-order valence-electron chi connectivity index (χ4n) is 1.01. The summed E-state index contributed by atoms with van der Waals surface area (Å²) in [5, 5.41) is 0.709. The molecule has 0 amide bonds. The van der Waals surface area contributed by atoms with Crippen LogP contribution in [0.3, 0.4) is 0 Å². The summed E-state index contributed by atoms with van der Waals surface area (Å²) in [6.45, 7) is 1.57. The van der Waals surface area contributed by atoms with Crippen molar-refractivity contribution in [2.24, 2.45) is 0 Å². The molecule has 0 heterocycles. The van der Waals surface area contributed by atoms with Crippen molar-refractivity contribution in [1.82, 2.24) is 0 Å². The van der Waals surface area contributed by atoms with Crippen molar-refractivity contribution < 1.29 is 4.79 Å². The first-order chi connectivity index (χ1) is 6.09. The second-order valence-corrected chi connectivity index (χ2v) is 4.45. The standard InChI is InChI=1S/C10H10BrClO/c1-7(13)10(11)6-8-3-2-4-9(12)5-8/h2-5,10H,6H2,1H3. The molecule has 0 fully saturated rings. The SMILES string of the molecule is CC(=O)C(Br)Cc1cccc(Cl)c1. The molecular weight excluding hydrogens is 251 g/mol. The molecule has 0 bridgehead atoms. The van der Waals surface area contributed by atoms with Crippen molar-refractivity contribution in [3.05, 3.63) is 34.9 Å². The van der Waals surface area contributed by atoms with Gasteiger partial charge in [0.1, 0.15) is 5.78 Å². The summed E-state index contributed by atoms with van der Waals surface area (Å²) in [7, 11) is 0. The molecule has 1 aromatic rings. The normalized spacial score (nSPS) is 12.5. The van der Waals surface area contributed by atoms with Gasteiger partial charge in [-0.15, -0.1) is 0 Å². The van der Waals surface area contributed by atoms with E-state index in [0.29, 0.717) is 11.4 Å². The van der Waals surface area contributed by atoms with Crippen molar-refractivity contribution in [2.45, 2.75) is 18.2 Å². The molecule has 13 heavy (non-hydrogen) atoms. The summed E-state index contributed by atoms with van der Waals surface area (Å²) in [5.74, 6) is 0.139. The monoisotopic (exact) mass is 260 g/mol. The average molecular weight is 262 g/mol. The molecule has 1 atom stereocenters. The van der Waals surface area contributed by atoms with E-state index < -0.39 is 0 Å². The number of Topliss-reactive ketones (excluding diaryl/α,β-unsaturated/α-hetero) is 1. The van der Waals surface area contributed by atoms with Gasteiger partial charge in [0.25, 0.3) is 0 Å². The summed E-state index contributed by atoms with van der Waals surface area (Å²) < 4.78 is 0. The lowest BCUT2D eigenvalue weighted by molar-refractivity contribution is -0.116. The van der Waals surface area contributed by atoms with Gasteiger partial charge in [-0.1, -0.05) is 39.7 Å². The van der Waals surface area contributed by atoms with E-state index in [1.807, 2.05) is 24.3 Å². The molecule has 0 radical (unpaired) electrons. The molecule has 0 aliphatic rings. The van der Waals surface area contributed by atoms with Gasteiger partial charge in [0, 0.05) is 5.02 Å². The number of carbonyl (C=O) groups is 1. The van der Waals surface area contributed by atoms with Crippen LogP contribution in [0.1, 0.15) is 12.5 Å². The fraction of sp³-hybridized carbons (Fsp3) is 0.300. The zero-order valence-electron chi connectivity index (χ0n) is 7.26. The maximum absolute atomic E-state index is 11.0. The Morgan fingerprint density at radius 1 is 1.62 bits per heavy atom. The van der Waals surface area contributed by atoms with Crippen LogP contribution in [0.15, 0.2) is 24.3 Å². The second-order valence-electron chi connectivity index (χ2n) is 2.91. The summed E-state index contributed by atoms with van der Waals surface area (Å²) in [4.78, 5) is 10.8. The number of halogens is 2. The predicted molar refractivity (Wildman–Crippen MR) is 58.6 cm³/mol. The molecule has 0 aromatic heterocycles. The van der Waals surface area contributed by atoms with Crippen LogP contribution in [0, 0.1) is 0 Å². The van der Waals surface area contributed by atoms with Gasteiger partial charge in [-0.3, -0.25) is 4.79 Å². The fourth-order valence-corrected chi connectivity index (χ4v) is 1.60. The minimum atomic E-state index is -0.106. The van der Waals surface area contributed by atoms with Crippen molar-refractivity contribution in [2.75, 3.05) is 0 Å². The van der Waals surface area contributed by atoms with E-state index in [9.17, 15) is 4.79 Å². The third-order valence-electron chi connectivity index (χ3n) is 1.75. The Bertz CT molecular complexity index is 312. The Morgan fingerprint density at radius 3 is 2.85 bits per heavy atom. The van der Waals surface area contributed by atoms with Crippen LogP contribution in [-0.2, 0) is 11.2 Å². The van der Waals surface area contributed by atoms with Gasteiger partial charge in [0.15, 0.2) is 0 Å². The van der Waals surface area contributed by atoms with Crippen LogP contribution in [0.25, 0.3) is 0 Å². The third-order valence-corrected chi connectivity index (χ3v) is 2.95. The Labute approximate surface area is 91.2 Å². The minimum absolute atomic E-state index is 0.106. The van der Waals surface area contributed by atoms with Crippen LogP contribution in [-0.4, -0.2) is 10.6 Å². The van der Waals surface area contributed by atoms with E-state index in [4.69, 9.17) is 11.6 Å². The number of rotatable bonds is 3. The molecular formula is C10H10BrClO. The van der Waals surface area contributed by atoms with E-state index in [2.05, 4.69) is 15.9 Å². The zero-order chi connectivity index (χ0) is 9.84. The van der Waals surface area contributed by atoms with Gasteiger partial charge in [-0.2, -0.15) is 0 Å². The highest BCUT2D eigenvalue weighted by Gasteiger charge is 2.10. The highest BCUT2D eigenvalue weighted by Crippen LogP contribution is 2.15. The summed E-state index contributed by atoms with van der Waals surface area (Å²) >= 11 is 9.12. The smallest absolute Gasteiger partial charge is 0.143 e. The summed E-state index contributed by atoms with van der Waals surface area (Å²) in [6, 6.07) is 7.54. The van der Waals surface area contributed by atoms with Crippen molar-refractivity contribution in [3.63, 3.8) is 0 Å². The van der Waals surface area contributed by atoms with Crippen LogP contribution < -0.4 is 0 Å². The van der Waals surface area contributed by atoms with Gasteiger partial charge in [0.2, 0.25) is 0 Å². The maximum atomic E-state index is 11.0. The molecule has 1 nitrogen and oxygen atoms in total. The lowest BCUT2D eigenvalue weighted by atomic mass is 10.1. The van der Waals surface area contributed by atoms with E-state index in [1.165, 1.54) is 0 Å². The number of benzene rings is 1. The summed E-state index contributed by atoms with van der Waals surface area (Å²) in [6.07, 6.45) is 0.690. The van der Waals surface area contributed by atoms with E-state index >= 15 is 0 Å². The lowest BCUT2D eigenvalue weighted by Gasteiger charge is -2.05. The number of carbonyl (C=O) groups excluding carboxylic acids is 1. The van der Waals surface area contributed by atoms with Gasteiger partial charge in [-0.05, 0) is 31.0 Å². The molecule has 0 aliphatic carbocycles. The first-order valence-electron chi connectivity index (χ1n) is 3.98. The van der Waals surface area contributed by atoms with E-state index in [0.717, 1.165) is 5.56 Å². The van der Waals surface area contributed by atoms with Gasteiger partial charge in [-0.25, -0.2) is 0 Å². The Morgan fingerprint density at radius 2 is 2.31 bits per heavy atom. The molecule has 0 N–H and O–H groups in total. The van der Waals surface area contributed by atoms with Crippen LogP contribution in [0.4, 0.5) is 0 Å². The largest absolute Gasteiger partial charge is 0.299 e. The topological polar surface area (TPSA) is 17.1 Å². The van der Waals surface area contributed by atoms with Crippen LogP contribution in [0.2, 0.25) is 5.02 Å². The van der Waals surface area contributed by atoms with Crippen LogP contribution in [0.5, 0.6) is 0 Å². The molecule has 1 unspecified atom stereocenters. The average Bonchev–Trinajstić information content (AvgIpc) is 2.04. The zero-order valence-corrected chi connectivity index (χ0v) is 9.60. The molecule has 1 aromatic carbocycles. The number of ketones is 1. The first-order valence-corrected chi connectivity index (χ1v) is 5.28. The van der Waals surface area contributed by atoms with Crippen molar-refractivity contribution >= 4 is 33.3 Å². The minimum Gasteiger partial charge on any atom is -0.299 e. The quantitative estimate of drug-likeness (QED) is 0.764. The van der Waals surface area contributed by atoms with Gasteiger partial charge in [0.05, 0.1) is 4.83 Å². The van der Waals surface area contributed by atoms with E-state index in [1.54, 1.807) is 6.92 Å². The highest BCUT2D eigenvalue weighted by atomic mass is 79.9. The van der Waals surface area contributed by atoms with Crippen molar-refractivity contribution in [1.29, 1.82) is 0 Å². The molecule has 0 spiro atoms. The Hall–Kier alpha value is -0.340. The molecule has 70 valence electrons. The molecule has 3 heteroatoms. The van der Waals surface area contributed by atoms with Crippen LogP contribution >= 0.6 is 27.5 Å². The van der Waals surface area contributed by atoms with Gasteiger partial charge < -0.3 is 0 Å². The maximum Gasteiger partial charge on any atom is 0.143 e. The Balaban J connectivity index is 2.69. The van der Waals surface area contributed by atoms with Gasteiger partial charge >= 0.3 is 0 Å². The van der Waals surface area contributed by atoms with Crippen molar-refractivity contribution in [3.8, 4) is 0 Å². The second kappa shape index (κ2) is 4.77. The lowest BCUT2D eigenvalue weighted by Crippen LogP contribution is -2.12. The molecule has 1 rings (SSSR count).